The van der Waals surface area contributed by atoms with Crippen molar-refractivity contribution in [1.82, 2.24) is 19.7 Å². The van der Waals surface area contributed by atoms with Crippen molar-refractivity contribution >= 4 is 28.4 Å². The average Bonchev–Trinajstić information content (AvgIpc) is 3.10. The molecule has 0 saturated heterocycles. The van der Waals surface area contributed by atoms with Crippen LogP contribution in [0, 0.1) is 0 Å². The standard InChI is InChI=1S/C20H18N4O2S/c25-18(16-10-21-17-6-2-1-5-15(16)17)12-27-20-23-22-19(13-7-8-13)24(20)11-14-4-3-9-26-14/h1-6,9-10,13,21H,7-8,11-12H2. The Kier molecular flexibility index (Phi) is 4.09. The summed E-state index contributed by atoms with van der Waals surface area (Å²) in [4.78, 5) is 15.9. The SMILES string of the molecule is O=C(CSc1nnc(C2CC2)n1Cc1ccco1)c1c[nH]c2ccccc12. The number of nitrogens with one attached hydrogen (secondary N) is 1. The fourth-order valence-corrected chi connectivity index (χ4v) is 4.10. The van der Waals surface area contributed by atoms with Crippen molar-refractivity contribution in [3.05, 3.63) is 66.0 Å². The van der Waals surface area contributed by atoms with E-state index in [9.17, 15) is 4.79 Å². The first-order valence-corrected chi connectivity index (χ1v) is 9.96. The average molecular weight is 378 g/mol. The Bertz CT molecular complexity index is 1090. The first-order valence-electron chi connectivity index (χ1n) is 8.97. The summed E-state index contributed by atoms with van der Waals surface area (Å²) in [6.45, 7) is 0.593. The summed E-state index contributed by atoms with van der Waals surface area (Å²) in [7, 11) is 0. The van der Waals surface area contributed by atoms with Crippen LogP contribution in [0.5, 0.6) is 0 Å². The molecule has 4 aromatic rings. The first-order chi connectivity index (χ1) is 13.3. The van der Waals surface area contributed by atoms with Gasteiger partial charge in [-0.25, -0.2) is 0 Å². The molecule has 1 fully saturated rings. The molecule has 3 aromatic heterocycles. The van der Waals surface area contributed by atoms with E-state index in [-0.39, 0.29) is 5.78 Å². The molecule has 0 atom stereocenters. The van der Waals surface area contributed by atoms with Gasteiger partial charge in [-0.15, -0.1) is 10.2 Å². The summed E-state index contributed by atoms with van der Waals surface area (Å²) in [5.41, 5.74) is 1.69. The molecule has 0 unspecified atom stereocenters. The lowest BCUT2D eigenvalue weighted by atomic mass is 10.1. The predicted octanol–water partition coefficient (Wildman–Crippen LogP) is 4.25. The maximum Gasteiger partial charge on any atom is 0.192 e. The number of thioether (sulfide) groups is 1. The van der Waals surface area contributed by atoms with Crippen LogP contribution in [-0.2, 0) is 6.54 Å². The highest BCUT2D eigenvalue weighted by Gasteiger charge is 2.31. The van der Waals surface area contributed by atoms with Crippen LogP contribution in [-0.4, -0.2) is 31.3 Å². The lowest BCUT2D eigenvalue weighted by Crippen LogP contribution is -2.07. The van der Waals surface area contributed by atoms with Gasteiger partial charge in [-0.1, -0.05) is 30.0 Å². The molecule has 1 aliphatic carbocycles. The zero-order valence-electron chi connectivity index (χ0n) is 14.6. The summed E-state index contributed by atoms with van der Waals surface area (Å²) in [6, 6.07) is 11.7. The van der Waals surface area contributed by atoms with Crippen LogP contribution in [0.15, 0.2) is 58.4 Å². The Labute approximate surface area is 160 Å². The molecule has 1 N–H and O–H groups in total. The number of aromatic amines is 1. The second-order valence-corrected chi connectivity index (χ2v) is 7.68. The number of fused-ring (bicyclic) bond motifs is 1. The summed E-state index contributed by atoms with van der Waals surface area (Å²) in [5, 5.41) is 10.5. The number of furan rings is 1. The van der Waals surface area contributed by atoms with Gasteiger partial charge in [0.15, 0.2) is 10.9 Å². The number of aromatic nitrogens is 4. The van der Waals surface area contributed by atoms with Crippen molar-refractivity contribution in [2.75, 3.05) is 5.75 Å². The summed E-state index contributed by atoms with van der Waals surface area (Å²) in [6.07, 6.45) is 5.76. The molecular formula is C20H18N4O2S. The number of para-hydroxylation sites is 1. The maximum absolute atomic E-state index is 12.8. The minimum atomic E-state index is 0.0815. The van der Waals surface area contributed by atoms with Crippen LogP contribution >= 0.6 is 11.8 Å². The van der Waals surface area contributed by atoms with Gasteiger partial charge < -0.3 is 9.40 Å². The molecule has 27 heavy (non-hydrogen) atoms. The van der Waals surface area contributed by atoms with Crippen molar-refractivity contribution in [3.63, 3.8) is 0 Å². The van der Waals surface area contributed by atoms with E-state index >= 15 is 0 Å². The second-order valence-electron chi connectivity index (χ2n) is 6.74. The monoisotopic (exact) mass is 378 g/mol. The minimum Gasteiger partial charge on any atom is -0.467 e. The number of rotatable bonds is 7. The van der Waals surface area contributed by atoms with E-state index in [2.05, 4.69) is 19.7 Å². The number of carbonyl (C=O) groups excluding carboxylic acids is 1. The van der Waals surface area contributed by atoms with Gasteiger partial charge in [0.05, 0.1) is 18.6 Å². The number of Topliss-reactive ketones (excluding diaryl/α,β-unsaturated/α-hetero) is 1. The number of benzene rings is 1. The van der Waals surface area contributed by atoms with E-state index in [0.29, 0.717) is 18.2 Å². The normalized spacial score (nSPS) is 14.1. The third kappa shape index (κ3) is 3.19. The Morgan fingerprint density at radius 3 is 2.93 bits per heavy atom. The van der Waals surface area contributed by atoms with Crippen LogP contribution in [0.25, 0.3) is 10.9 Å². The fourth-order valence-electron chi connectivity index (χ4n) is 3.27. The van der Waals surface area contributed by atoms with Crippen molar-refractivity contribution < 1.29 is 9.21 Å². The zero-order valence-corrected chi connectivity index (χ0v) is 15.4. The van der Waals surface area contributed by atoms with Crippen molar-refractivity contribution in [2.24, 2.45) is 0 Å². The Morgan fingerprint density at radius 2 is 2.11 bits per heavy atom. The molecule has 0 aliphatic heterocycles. The number of H-pyrrole nitrogens is 1. The fraction of sp³-hybridized carbons (Fsp3) is 0.250. The number of nitrogens with zero attached hydrogens (tertiary/aromatic N) is 3. The van der Waals surface area contributed by atoms with Gasteiger partial charge in [0.1, 0.15) is 11.6 Å². The molecule has 7 heteroatoms. The van der Waals surface area contributed by atoms with E-state index in [4.69, 9.17) is 4.42 Å². The molecule has 5 rings (SSSR count). The predicted molar refractivity (Wildman–Crippen MR) is 103 cm³/mol. The van der Waals surface area contributed by atoms with Gasteiger partial charge in [0, 0.05) is 28.6 Å². The Balaban J connectivity index is 1.37. The van der Waals surface area contributed by atoms with Crippen molar-refractivity contribution in [1.29, 1.82) is 0 Å². The molecule has 3 heterocycles. The zero-order chi connectivity index (χ0) is 18.2. The maximum atomic E-state index is 12.8. The lowest BCUT2D eigenvalue weighted by Gasteiger charge is -2.07. The Morgan fingerprint density at radius 1 is 1.22 bits per heavy atom. The van der Waals surface area contributed by atoms with E-state index in [1.807, 2.05) is 36.4 Å². The largest absolute Gasteiger partial charge is 0.467 e. The third-order valence-corrected chi connectivity index (χ3v) is 5.77. The summed E-state index contributed by atoms with van der Waals surface area (Å²) in [5.74, 6) is 2.74. The van der Waals surface area contributed by atoms with Crippen LogP contribution in [0.2, 0.25) is 0 Å². The molecule has 6 nitrogen and oxygen atoms in total. The van der Waals surface area contributed by atoms with E-state index < -0.39 is 0 Å². The van der Waals surface area contributed by atoms with Crippen LogP contribution in [0.1, 0.15) is 40.7 Å². The highest BCUT2D eigenvalue weighted by Crippen LogP contribution is 2.40. The molecule has 136 valence electrons. The van der Waals surface area contributed by atoms with Crippen LogP contribution in [0.4, 0.5) is 0 Å². The second kappa shape index (κ2) is 6.74. The number of hydrogen-bond donors (Lipinski definition) is 1. The molecule has 1 aliphatic rings. The molecule has 0 amide bonds. The molecular weight excluding hydrogens is 360 g/mol. The molecule has 0 spiro atoms. The number of ketones is 1. The molecule has 1 saturated carbocycles. The quantitative estimate of drug-likeness (QED) is 0.384. The number of hydrogen-bond acceptors (Lipinski definition) is 5. The van der Waals surface area contributed by atoms with Crippen molar-refractivity contribution in [3.8, 4) is 0 Å². The van der Waals surface area contributed by atoms with Gasteiger partial charge in [-0.2, -0.15) is 0 Å². The van der Waals surface area contributed by atoms with Crippen molar-refractivity contribution in [2.45, 2.75) is 30.5 Å². The molecule has 1 aromatic carbocycles. The highest BCUT2D eigenvalue weighted by molar-refractivity contribution is 7.99. The van der Waals surface area contributed by atoms with Gasteiger partial charge >= 0.3 is 0 Å². The minimum absolute atomic E-state index is 0.0815. The van der Waals surface area contributed by atoms with Gasteiger partial charge in [0.2, 0.25) is 0 Å². The Hall–Kier alpha value is -2.80. The number of carbonyl (C=O) groups is 1. The highest BCUT2D eigenvalue weighted by atomic mass is 32.2. The molecule has 0 bridgehead atoms. The van der Waals surface area contributed by atoms with Gasteiger partial charge in [0.25, 0.3) is 0 Å². The van der Waals surface area contributed by atoms with Gasteiger partial charge in [-0.05, 0) is 31.0 Å². The lowest BCUT2D eigenvalue weighted by molar-refractivity contribution is 0.102. The summed E-state index contributed by atoms with van der Waals surface area (Å²) < 4.78 is 7.58. The van der Waals surface area contributed by atoms with Crippen LogP contribution in [0.3, 0.4) is 0 Å². The smallest absolute Gasteiger partial charge is 0.192 e. The molecule has 0 radical (unpaired) electrons. The summed E-state index contributed by atoms with van der Waals surface area (Å²) >= 11 is 1.43. The first kappa shape index (κ1) is 16.4. The topological polar surface area (TPSA) is 76.7 Å². The van der Waals surface area contributed by atoms with Gasteiger partial charge in [-0.3, -0.25) is 9.36 Å². The van der Waals surface area contributed by atoms with E-state index in [0.717, 1.165) is 46.0 Å². The van der Waals surface area contributed by atoms with E-state index in [1.54, 1.807) is 12.5 Å². The van der Waals surface area contributed by atoms with E-state index in [1.165, 1.54) is 11.8 Å². The third-order valence-electron chi connectivity index (χ3n) is 4.80. The van der Waals surface area contributed by atoms with Crippen LogP contribution < -0.4 is 0 Å².